The number of benzene rings is 1. The first kappa shape index (κ1) is 17.2. The summed E-state index contributed by atoms with van der Waals surface area (Å²) in [6.07, 6.45) is 3.01. The number of nitrogens with zero attached hydrogens (tertiary/aromatic N) is 3. The average Bonchev–Trinajstić information content (AvgIpc) is 2.89. The maximum absolute atomic E-state index is 11.1. The van der Waals surface area contributed by atoms with Crippen molar-refractivity contribution in [3.8, 4) is 5.75 Å². The summed E-state index contributed by atoms with van der Waals surface area (Å²) in [4.78, 5) is 3.90. The molecule has 5 nitrogen and oxygen atoms in total. The van der Waals surface area contributed by atoms with Crippen LogP contribution in [-0.4, -0.2) is 32.1 Å². The van der Waals surface area contributed by atoms with Gasteiger partial charge < -0.3 is 9.84 Å². The minimum absolute atomic E-state index is 0.0950. The molecule has 1 atom stereocenters. The Morgan fingerprint density at radius 1 is 1.36 bits per heavy atom. The van der Waals surface area contributed by atoms with Crippen LogP contribution in [0.25, 0.3) is 0 Å². The molecule has 0 saturated carbocycles. The van der Waals surface area contributed by atoms with E-state index < -0.39 is 11.0 Å². The Labute approximate surface area is 143 Å². The standard InChI is InChI=1S/C15H19BrClN3O2/c1-14(2,3)15(21,7-20-10-18-9-19-20)8-22-13-5-4-11(16)6-12(13)17/h4-6,9-10,21H,7-8H2,1-3H3. The van der Waals surface area contributed by atoms with Gasteiger partial charge in [0.1, 0.15) is 30.6 Å². The average molecular weight is 389 g/mol. The van der Waals surface area contributed by atoms with E-state index in [-0.39, 0.29) is 13.2 Å². The highest BCUT2D eigenvalue weighted by Gasteiger charge is 2.41. The van der Waals surface area contributed by atoms with Crippen LogP contribution in [0.15, 0.2) is 35.3 Å². The van der Waals surface area contributed by atoms with Crippen molar-refractivity contribution < 1.29 is 9.84 Å². The molecule has 1 unspecified atom stereocenters. The van der Waals surface area contributed by atoms with E-state index in [1.54, 1.807) is 23.1 Å². The van der Waals surface area contributed by atoms with Gasteiger partial charge in [-0.1, -0.05) is 48.3 Å². The summed E-state index contributed by atoms with van der Waals surface area (Å²) in [5.74, 6) is 0.533. The van der Waals surface area contributed by atoms with Crippen molar-refractivity contribution in [1.82, 2.24) is 14.8 Å². The molecule has 7 heteroatoms. The van der Waals surface area contributed by atoms with Gasteiger partial charge in [0, 0.05) is 4.47 Å². The van der Waals surface area contributed by atoms with Gasteiger partial charge in [-0.2, -0.15) is 5.10 Å². The van der Waals surface area contributed by atoms with E-state index in [1.807, 2.05) is 26.8 Å². The lowest BCUT2D eigenvalue weighted by molar-refractivity contribution is -0.101. The number of hydrogen-bond acceptors (Lipinski definition) is 4. The van der Waals surface area contributed by atoms with Crippen molar-refractivity contribution in [3.63, 3.8) is 0 Å². The summed E-state index contributed by atoms with van der Waals surface area (Å²) in [5.41, 5.74) is -1.54. The highest BCUT2D eigenvalue weighted by molar-refractivity contribution is 9.10. The third-order valence-electron chi connectivity index (χ3n) is 3.65. The molecule has 1 aromatic heterocycles. The number of ether oxygens (including phenoxy) is 1. The van der Waals surface area contributed by atoms with Gasteiger partial charge in [0.05, 0.1) is 11.6 Å². The summed E-state index contributed by atoms with van der Waals surface area (Å²) in [5, 5.41) is 15.6. The zero-order valence-corrected chi connectivity index (χ0v) is 15.1. The summed E-state index contributed by atoms with van der Waals surface area (Å²) < 4.78 is 8.24. The largest absolute Gasteiger partial charge is 0.489 e. The van der Waals surface area contributed by atoms with Gasteiger partial charge in [0.25, 0.3) is 0 Å². The summed E-state index contributed by atoms with van der Waals surface area (Å²) >= 11 is 9.50. The van der Waals surface area contributed by atoms with Gasteiger partial charge in [-0.05, 0) is 23.6 Å². The molecule has 1 N–H and O–H groups in total. The summed E-state index contributed by atoms with van der Waals surface area (Å²) in [7, 11) is 0. The lowest BCUT2D eigenvalue weighted by Gasteiger charge is -2.39. The molecular weight excluding hydrogens is 370 g/mol. The Morgan fingerprint density at radius 2 is 2.09 bits per heavy atom. The third-order valence-corrected chi connectivity index (χ3v) is 4.44. The number of aromatic nitrogens is 3. The molecule has 0 fully saturated rings. The molecule has 2 rings (SSSR count). The zero-order chi connectivity index (χ0) is 16.4. The van der Waals surface area contributed by atoms with Crippen molar-refractivity contribution in [2.24, 2.45) is 5.41 Å². The second-order valence-electron chi connectivity index (χ2n) is 6.24. The van der Waals surface area contributed by atoms with E-state index in [2.05, 4.69) is 26.0 Å². The molecule has 0 radical (unpaired) electrons. The Balaban J connectivity index is 2.16. The molecule has 0 aliphatic carbocycles. The highest BCUT2D eigenvalue weighted by Crippen LogP contribution is 2.34. The van der Waals surface area contributed by atoms with E-state index in [1.165, 1.54) is 6.33 Å². The number of aliphatic hydroxyl groups is 1. The maximum atomic E-state index is 11.1. The Morgan fingerprint density at radius 3 is 2.64 bits per heavy atom. The van der Waals surface area contributed by atoms with Crippen molar-refractivity contribution in [1.29, 1.82) is 0 Å². The molecule has 22 heavy (non-hydrogen) atoms. The van der Waals surface area contributed by atoms with Crippen molar-refractivity contribution in [2.75, 3.05) is 6.61 Å². The number of halogens is 2. The SMILES string of the molecule is CC(C)(C)C(O)(COc1ccc(Br)cc1Cl)Cn1cncn1. The van der Waals surface area contributed by atoms with Crippen molar-refractivity contribution in [3.05, 3.63) is 40.3 Å². The van der Waals surface area contributed by atoms with Crippen LogP contribution >= 0.6 is 27.5 Å². The van der Waals surface area contributed by atoms with Gasteiger partial charge >= 0.3 is 0 Å². The van der Waals surface area contributed by atoms with Gasteiger partial charge in [-0.15, -0.1) is 0 Å². The molecule has 0 aliphatic heterocycles. The van der Waals surface area contributed by atoms with Crippen LogP contribution in [0.3, 0.4) is 0 Å². The van der Waals surface area contributed by atoms with Gasteiger partial charge in [0.15, 0.2) is 0 Å². The molecule has 0 saturated heterocycles. The van der Waals surface area contributed by atoms with Crippen LogP contribution in [0.4, 0.5) is 0 Å². The minimum atomic E-state index is -1.13. The fourth-order valence-electron chi connectivity index (χ4n) is 1.87. The van der Waals surface area contributed by atoms with Crippen LogP contribution in [0.2, 0.25) is 5.02 Å². The topological polar surface area (TPSA) is 60.2 Å². The van der Waals surface area contributed by atoms with Crippen molar-refractivity contribution in [2.45, 2.75) is 32.9 Å². The molecule has 0 spiro atoms. The molecule has 1 aromatic carbocycles. The molecule has 0 bridgehead atoms. The molecule has 0 amide bonds. The van der Waals surface area contributed by atoms with Crippen LogP contribution in [0.5, 0.6) is 5.75 Å². The Bertz CT molecular complexity index is 628. The third kappa shape index (κ3) is 4.00. The minimum Gasteiger partial charge on any atom is -0.489 e. The Hall–Kier alpha value is -1.11. The van der Waals surface area contributed by atoms with E-state index >= 15 is 0 Å². The fraction of sp³-hybridized carbons (Fsp3) is 0.467. The smallest absolute Gasteiger partial charge is 0.138 e. The molecule has 0 aliphatic rings. The van der Waals surface area contributed by atoms with E-state index in [0.29, 0.717) is 10.8 Å². The highest BCUT2D eigenvalue weighted by atomic mass is 79.9. The second-order valence-corrected chi connectivity index (χ2v) is 7.56. The van der Waals surface area contributed by atoms with Crippen LogP contribution in [0, 0.1) is 5.41 Å². The zero-order valence-electron chi connectivity index (χ0n) is 12.8. The van der Waals surface area contributed by atoms with Crippen LogP contribution in [0.1, 0.15) is 20.8 Å². The van der Waals surface area contributed by atoms with E-state index in [9.17, 15) is 5.11 Å². The fourth-order valence-corrected chi connectivity index (χ4v) is 2.60. The predicted molar refractivity (Wildman–Crippen MR) is 89.1 cm³/mol. The van der Waals surface area contributed by atoms with Gasteiger partial charge in [-0.3, -0.25) is 0 Å². The van der Waals surface area contributed by atoms with Crippen LogP contribution < -0.4 is 4.74 Å². The predicted octanol–water partition coefficient (Wildman–Crippen LogP) is 3.55. The first-order valence-corrected chi connectivity index (χ1v) is 8.01. The molecular formula is C15H19BrClN3O2. The number of rotatable bonds is 5. The maximum Gasteiger partial charge on any atom is 0.138 e. The second kappa shape index (κ2) is 6.56. The summed E-state index contributed by atoms with van der Waals surface area (Å²) in [6.45, 7) is 6.24. The van der Waals surface area contributed by atoms with E-state index in [4.69, 9.17) is 16.3 Å². The first-order chi connectivity index (χ1) is 10.2. The molecule has 1 heterocycles. The van der Waals surface area contributed by atoms with Crippen molar-refractivity contribution >= 4 is 27.5 Å². The van der Waals surface area contributed by atoms with Gasteiger partial charge in [-0.25, -0.2) is 9.67 Å². The monoisotopic (exact) mass is 387 g/mol. The molecule has 120 valence electrons. The Kier molecular flexibility index (Phi) is 5.14. The normalized spacial score (nSPS) is 14.6. The van der Waals surface area contributed by atoms with E-state index in [0.717, 1.165) is 4.47 Å². The van der Waals surface area contributed by atoms with Crippen LogP contribution in [-0.2, 0) is 6.54 Å². The quantitative estimate of drug-likeness (QED) is 0.851. The first-order valence-electron chi connectivity index (χ1n) is 6.84. The number of hydrogen-bond donors (Lipinski definition) is 1. The summed E-state index contributed by atoms with van der Waals surface area (Å²) in [6, 6.07) is 5.37. The lowest BCUT2D eigenvalue weighted by atomic mass is 9.77. The van der Waals surface area contributed by atoms with Gasteiger partial charge in [0.2, 0.25) is 0 Å². The molecule has 2 aromatic rings. The lowest BCUT2D eigenvalue weighted by Crippen LogP contribution is -2.51.